The average Bonchev–Trinajstić information content (AvgIpc) is 2.64. The Labute approximate surface area is 147 Å². The van der Waals surface area contributed by atoms with Crippen LogP contribution in [0.1, 0.15) is 30.4 Å². The van der Waals surface area contributed by atoms with E-state index in [1.807, 2.05) is 16.7 Å². The van der Waals surface area contributed by atoms with Crippen molar-refractivity contribution in [2.45, 2.75) is 32.2 Å². The molecule has 0 aliphatic carbocycles. The molecule has 128 valence electrons. The second-order valence-corrected chi connectivity index (χ2v) is 6.59. The van der Waals surface area contributed by atoms with Gasteiger partial charge in [-0.25, -0.2) is 4.98 Å². The fourth-order valence-corrected chi connectivity index (χ4v) is 3.50. The Bertz CT molecular complexity index is 667. The Morgan fingerprint density at radius 1 is 1.38 bits per heavy atom. The van der Waals surface area contributed by atoms with Gasteiger partial charge < -0.3 is 14.5 Å². The first-order valence-electron chi connectivity index (χ1n) is 8.32. The van der Waals surface area contributed by atoms with Crippen LogP contribution in [0.5, 0.6) is 0 Å². The van der Waals surface area contributed by atoms with Gasteiger partial charge in [-0.1, -0.05) is 11.6 Å². The lowest BCUT2D eigenvalue weighted by Gasteiger charge is -2.39. The molecule has 0 radical (unpaired) electrons. The maximum atomic E-state index is 13.0. The number of rotatable bonds is 2. The third-order valence-electron chi connectivity index (χ3n) is 4.75. The molecule has 24 heavy (non-hydrogen) atoms. The van der Waals surface area contributed by atoms with E-state index in [0.717, 1.165) is 25.8 Å². The van der Waals surface area contributed by atoms with Crippen molar-refractivity contribution < 1.29 is 9.53 Å². The standard InChI is InChI=1S/C17H21ClN4O2/c1-12-13(10-19)16(20-11-14(12)18)22-5-3-2-4-15(22)17(23)21-6-8-24-9-7-21/h11,15H,2-9H2,1H3/t15-/m1/s1. The predicted molar refractivity (Wildman–Crippen MR) is 91.1 cm³/mol. The zero-order valence-electron chi connectivity index (χ0n) is 13.8. The fourth-order valence-electron chi connectivity index (χ4n) is 3.35. The number of carbonyl (C=O) groups excluding carboxylic acids is 1. The van der Waals surface area contributed by atoms with E-state index in [-0.39, 0.29) is 11.9 Å². The molecule has 2 fully saturated rings. The van der Waals surface area contributed by atoms with Gasteiger partial charge in [0.05, 0.1) is 23.8 Å². The lowest BCUT2D eigenvalue weighted by atomic mass is 9.99. The Hall–Kier alpha value is -1.84. The molecule has 0 N–H and O–H groups in total. The SMILES string of the molecule is Cc1c(Cl)cnc(N2CCCC[C@@H]2C(=O)N2CCOCC2)c1C#N. The zero-order valence-corrected chi connectivity index (χ0v) is 14.6. The second kappa shape index (κ2) is 7.37. The van der Waals surface area contributed by atoms with Crippen molar-refractivity contribution in [3.8, 4) is 6.07 Å². The number of anilines is 1. The number of morpholine rings is 1. The Morgan fingerprint density at radius 3 is 2.83 bits per heavy atom. The summed E-state index contributed by atoms with van der Waals surface area (Å²) in [6.07, 6.45) is 4.34. The van der Waals surface area contributed by atoms with Crippen LogP contribution in [0.3, 0.4) is 0 Å². The zero-order chi connectivity index (χ0) is 17.1. The average molecular weight is 349 g/mol. The monoisotopic (exact) mass is 348 g/mol. The van der Waals surface area contributed by atoms with Gasteiger partial charge >= 0.3 is 0 Å². The van der Waals surface area contributed by atoms with Crippen molar-refractivity contribution in [1.82, 2.24) is 9.88 Å². The summed E-state index contributed by atoms with van der Waals surface area (Å²) < 4.78 is 5.34. The molecule has 0 bridgehead atoms. The van der Waals surface area contributed by atoms with Crippen molar-refractivity contribution >= 4 is 23.3 Å². The molecule has 2 saturated heterocycles. The minimum absolute atomic E-state index is 0.108. The fraction of sp³-hybridized carbons (Fsp3) is 0.588. The first kappa shape index (κ1) is 17.0. The summed E-state index contributed by atoms with van der Waals surface area (Å²) in [6.45, 7) is 4.96. The van der Waals surface area contributed by atoms with Crippen LogP contribution in [-0.2, 0) is 9.53 Å². The van der Waals surface area contributed by atoms with Crippen LogP contribution in [0.25, 0.3) is 0 Å². The summed E-state index contributed by atoms with van der Waals surface area (Å²) in [5.41, 5.74) is 1.18. The van der Waals surface area contributed by atoms with Crippen LogP contribution in [0, 0.1) is 18.3 Å². The van der Waals surface area contributed by atoms with Gasteiger partial charge in [0, 0.05) is 25.8 Å². The van der Waals surface area contributed by atoms with Crippen LogP contribution in [0.15, 0.2) is 6.20 Å². The van der Waals surface area contributed by atoms with E-state index in [9.17, 15) is 10.1 Å². The number of carbonyl (C=O) groups is 1. The number of hydrogen-bond donors (Lipinski definition) is 0. The van der Waals surface area contributed by atoms with Crippen molar-refractivity contribution in [1.29, 1.82) is 5.26 Å². The summed E-state index contributed by atoms with van der Waals surface area (Å²) in [5.74, 6) is 0.682. The van der Waals surface area contributed by atoms with Crippen LogP contribution < -0.4 is 4.90 Å². The van der Waals surface area contributed by atoms with E-state index in [0.29, 0.717) is 48.3 Å². The van der Waals surface area contributed by atoms with Gasteiger partial charge in [0.25, 0.3) is 0 Å². The number of aromatic nitrogens is 1. The van der Waals surface area contributed by atoms with Gasteiger partial charge in [0.15, 0.2) is 0 Å². The Balaban J connectivity index is 1.91. The van der Waals surface area contributed by atoms with Crippen molar-refractivity contribution in [2.75, 3.05) is 37.7 Å². The number of amides is 1. The third kappa shape index (κ3) is 3.19. The number of piperidine rings is 1. The molecule has 6 nitrogen and oxygen atoms in total. The number of ether oxygens (including phenoxy) is 1. The van der Waals surface area contributed by atoms with Crippen molar-refractivity contribution in [3.05, 3.63) is 22.3 Å². The van der Waals surface area contributed by atoms with E-state index in [2.05, 4.69) is 11.1 Å². The molecule has 1 aromatic rings. The summed E-state index contributed by atoms with van der Waals surface area (Å²) in [6, 6.07) is 1.94. The molecule has 1 atom stereocenters. The van der Waals surface area contributed by atoms with Gasteiger partial charge in [-0.15, -0.1) is 0 Å². The van der Waals surface area contributed by atoms with Crippen LogP contribution >= 0.6 is 11.6 Å². The quantitative estimate of drug-likeness (QED) is 0.819. The van der Waals surface area contributed by atoms with Gasteiger partial charge in [-0.3, -0.25) is 4.79 Å². The molecule has 0 unspecified atom stereocenters. The van der Waals surface area contributed by atoms with Gasteiger partial charge in [0.1, 0.15) is 17.9 Å². The molecular weight excluding hydrogens is 328 g/mol. The largest absolute Gasteiger partial charge is 0.378 e. The topological polar surface area (TPSA) is 69.5 Å². The Morgan fingerprint density at radius 2 is 2.12 bits per heavy atom. The highest BCUT2D eigenvalue weighted by molar-refractivity contribution is 6.31. The summed E-state index contributed by atoms with van der Waals surface area (Å²) >= 11 is 6.10. The highest BCUT2D eigenvalue weighted by Crippen LogP contribution is 2.31. The smallest absolute Gasteiger partial charge is 0.245 e. The number of nitrogens with zero attached hydrogens (tertiary/aromatic N) is 4. The van der Waals surface area contributed by atoms with Crippen molar-refractivity contribution in [3.63, 3.8) is 0 Å². The maximum Gasteiger partial charge on any atom is 0.245 e. The molecule has 3 rings (SSSR count). The highest BCUT2D eigenvalue weighted by Gasteiger charge is 2.34. The molecule has 1 aromatic heterocycles. The number of pyridine rings is 1. The molecule has 0 spiro atoms. The summed E-state index contributed by atoms with van der Waals surface area (Å²) in [7, 11) is 0. The minimum Gasteiger partial charge on any atom is -0.378 e. The summed E-state index contributed by atoms with van der Waals surface area (Å²) in [4.78, 5) is 21.2. The molecular formula is C17H21ClN4O2. The first-order chi connectivity index (χ1) is 11.6. The third-order valence-corrected chi connectivity index (χ3v) is 5.13. The van der Waals surface area contributed by atoms with Crippen LogP contribution in [0.2, 0.25) is 5.02 Å². The van der Waals surface area contributed by atoms with Crippen LogP contribution in [-0.4, -0.2) is 54.7 Å². The molecule has 1 amide bonds. The number of nitriles is 1. The van der Waals surface area contributed by atoms with E-state index in [4.69, 9.17) is 16.3 Å². The number of halogens is 1. The molecule has 0 aromatic carbocycles. The van der Waals surface area contributed by atoms with E-state index in [1.165, 1.54) is 0 Å². The maximum absolute atomic E-state index is 13.0. The van der Waals surface area contributed by atoms with Crippen molar-refractivity contribution in [2.24, 2.45) is 0 Å². The van der Waals surface area contributed by atoms with Gasteiger partial charge in [-0.05, 0) is 31.7 Å². The highest BCUT2D eigenvalue weighted by atomic mass is 35.5. The lowest BCUT2D eigenvalue weighted by molar-refractivity contribution is -0.137. The number of hydrogen-bond acceptors (Lipinski definition) is 5. The molecule has 0 saturated carbocycles. The van der Waals surface area contributed by atoms with Gasteiger partial charge in [0.2, 0.25) is 5.91 Å². The van der Waals surface area contributed by atoms with Gasteiger partial charge in [-0.2, -0.15) is 5.26 Å². The molecule has 2 aliphatic rings. The normalized spacial score (nSPS) is 21.5. The second-order valence-electron chi connectivity index (χ2n) is 6.18. The lowest BCUT2D eigenvalue weighted by Crippen LogP contribution is -2.54. The Kier molecular flexibility index (Phi) is 5.22. The van der Waals surface area contributed by atoms with E-state index >= 15 is 0 Å². The predicted octanol–water partition coefficient (Wildman–Crippen LogP) is 2.13. The minimum atomic E-state index is -0.267. The molecule has 7 heteroatoms. The van der Waals surface area contributed by atoms with Crippen LogP contribution in [0.4, 0.5) is 5.82 Å². The van der Waals surface area contributed by atoms with E-state index in [1.54, 1.807) is 6.20 Å². The van der Waals surface area contributed by atoms with E-state index < -0.39 is 0 Å². The first-order valence-corrected chi connectivity index (χ1v) is 8.69. The molecule has 3 heterocycles. The molecule has 2 aliphatic heterocycles. The summed E-state index contributed by atoms with van der Waals surface area (Å²) in [5, 5.41) is 10.0.